The molecule has 5 aromatic carbocycles. The van der Waals surface area contributed by atoms with Gasteiger partial charge in [-0.05, 0) is 71.2 Å². The van der Waals surface area contributed by atoms with Gasteiger partial charge < -0.3 is 14.4 Å². The number of anilines is 6. The Hall–Kier alpha value is -5.25. The second-order valence-electron chi connectivity index (χ2n) is 12.7. The number of para-hydroxylation sites is 3. The van der Waals surface area contributed by atoms with Crippen molar-refractivity contribution < 1.29 is 21.1 Å². The molecule has 0 bridgehead atoms. The molecule has 0 radical (unpaired) electrons. The van der Waals surface area contributed by atoms with Gasteiger partial charge in [-0.3, -0.25) is 4.98 Å². The minimum Gasteiger partial charge on any atom is -0.352 e. The van der Waals surface area contributed by atoms with Crippen LogP contribution in [0.25, 0.3) is 16.9 Å². The van der Waals surface area contributed by atoms with E-state index in [0.717, 1.165) is 45.5 Å². The predicted molar refractivity (Wildman–Crippen MR) is 202 cm³/mol. The average Bonchev–Trinajstić information content (AvgIpc) is 3.64. The largest absolute Gasteiger partial charge is 2.00 e. The van der Waals surface area contributed by atoms with E-state index in [1.807, 2.05) is 55.0 Å². The first-order valence-corrected chi connectivity index (χ1v) is 16.8. The van der Waals surface area contributed by atoms with Gasteiger partial charge in [0.15, 0.2) is 0 Å². The molecule has 0 fully saturated rings. The molecule has 0 amide bonds. The van der Waals surface area contributed by atoms with Crippen LogP contribution in [0.4, 0.5) is 34.3 Å². The van der Waals surface area contributed by atoms with Crippen molar-refractivity contribution in [2.45, 2.75) is 39.5 Å². The van der Waals surface area contributed by atoms with E-state index in [-0.39, 0.29) is 21.1 Å². The number of nitrogens with zero attached hydrogens (tertiary/aromatic N) is 5. The summed E-state index contributed by atoms with van der Waals surface area (Å²) in [7, 11) is 0. The summed E-state index contributed by atoms with van der Waals surface area (Å²) < 4.78 is 2.18. The van der Waals surface area contributed by atoms with Gasteiger partial charge in [0.05, 0.1) is 12.0 Å². The maximum absolute atomic E-state index is 4.91. The fourth-order valence-corrected chi connectivity index (χ4v) is 6.28. The summed E-state index contributed by atoms with van der Waals surface area (Å²) in [5.74, 6) is 1.59. The number of aromatic nitrogens is 3. The summed E-state index contributed by atoms with van der Waals surface area (Å²) in [5, 5.41) is 0. The monoisotopic (exact) mass is 832 g/mol. The Morgan fingerprint density at radius 3 is 1.68 bits per heavy atom. The smallest absolute Gasteiger partial charge is 0.352 e. The quantitative estimate of drug-likeness (QED) is 0.129. The van der Waals surface area contributed by atoms with E-state index in [4.69, 9.17) is 9.97 Å². The Balaban J connectivity index is 0.00000432. The first-order valence-electron chi connectivity index (χ1n) is 16.8. The van der Waals surface area contributed by atoms with E-state index in [0.29, 0.717) is 11.8 Å². The Morgan fingerprint density at radius 1 is 0.540 bits per heavy atom. The van der Waals surface area contributed by atoms with E-state index in [1.165, 1.54) is 16.8 Å². The Bertz CT molecular complexity index is 2080. The number of rotatable bonds is 10. The zero-order valence-electron chi connectivity index (χ0n) is 28.6. The zero-order valence-corrected chi connectivity index (χ0v) is 30.9. The number of imidazole rings is 1. The van der Waals surface area contributed by atoms with Crippen LogP contribution in [-0.2, 0) is 21.1 Å². The molecule has 0 aliphatic rings. The van der Waals surface area contributed by atoms with Gasteiger partial charge in [-0.1, -0.05) is 99.7 Å². The molecular weight excluding hydrogens is 794 g/mol. The molecule has 2 heterocycles. The van der Waals surface area contributed by atoms with Gasteiger partial charge in [-0.2, -0.15) is 6.07 Å². The number of hydrogen-bond donors (Lipinski definition) is 0. The van der Waals surface area contributed by atoms with E-state index < -0.39 is 0 Å². The molecule has 0 saturated heterocycles. The van der Waals surface area contributed by atoms with Gasteiger partial charge in [0.1, 0.15) is 5.82 Å². The van der Waals surface area contributed by atoms with Crippen molar-refractivity contribution in [1.82, 2.24) is 14.5 Å². The van der Waals surface area contributed by atoms with Crippen LogP contribution in [-0.4, -0.2) is 14.5 Å². The van der Waals surface area contributed by atoms with Gasteiger partial charge in [0.2, 0.25) is 0 Å². The van der Waals surface area contributed by atoms with Crippen molar-refractivity contribution in [3.63, 3.8) is 0 Å². The van der Waals surface area contributed by atoms with Crippen molar-refractivity contribution >= 4 is 34.3 Å². The van der Waals surface area contributed by atoms with Crippen LogP contribution >= 0.6 is 0 Å². The molecular formula is C44H39N5Pt. The predicted octanol–water partition coefficient (Wildman–Crippen LogP) is 11.7. The van der Waals surface area contributed by atoms with Gasteiger partial charge >= 0.3 is 21.1 Å². The minimum atomic E-state index is 0. The average molecular weight is 833 g/mol. The Labute approximate surface area is 310 Å². The molecule has 0 spiro atoms. The number of pyridine rings is 1. The maximum Gasteiger partial charge on any atom is 2.00 e. The molecule has 5 nitrogen and oxygen atoms in total. The van der Waals surface area contributed by atoms with Crippen molar-refractivity contribution in [1.29, 1.82) is 0 Å². The van der Waals surface area contributed by atoms with Gasteiger partial charge in [0, 0.05) is 23.3 Å². The van der Waals surface area contributed by atoms with Gasteiger partial charge in [-0.15, -0.1) is 48.0 Å². The Kier molecular flexibility index (Phi) is 10.7. The molecule has 7 aromatic rings. The maximum atomic E-state index is 4.91. The van der Waals surface area contributed by atoms with Crippen LogP contribution in [0, 0.1) is 12.1 Å². The van der Waals surface area contributed by atoms with Crippen LogP contribution in [0.15, 0.2) is 152 Å². The first-order chi connectivity index (χ1) is 24.0. The fraction of sp³-hybridized carbons (Fsp3) is 0.136. The third-order valence-corrected chi connectivity index (χ3v) is 8.63. The molecule has 7 rings (SSSR count). The molecule has 0 unspecified atom stereocenters. The minimum absolute atomic E-state index is 0. The van der Waals surface area contributed by atoms with E-state index in [1.54, 1.807) is 0 Å². The summed E-state index contributed by atoms with van der Waals surface area (Å²) in [4.78, 5) is 13.9. The van der Waals surface area contributed by atoms with E-state index in [9.17, 15) is 0 Å². The van der Waals surface area contributed by atoms with E-state index >= 15 is 0 Å². The van der Waals surface area contributed by atoms with Crippen molar-refractivity contribution in [3.8, 4) is 16.9 Å². The molecule has 0 aliphatic heterocycles. The third kappa shape index (κ3) is 7.20. The second kappa shape index (κ2) is 15.5. The summed E-state index contributed by atoms with van der Waals surface area (Å²) >= 11 is 0. The van der Waals surface area contributed by atoms with Gasteiger partial charge in [0.25, 0.3) is 0 Å². The van der Waals surface area contributed by atoms with Crippen molar-refractivity contribution in [3.05, 3.63) is 175 Å². The molecule has 0 atom stereocenters. The molecule has 250 valence electrons. The van der Waals surface area contributed by atoms with Crippen LogP contribution in [0.1, 0.15) is 50.7 Å². The molecule has 0 aliphatic carbocycles. The van der Waals surface area contributed by atoms with Gasteiger partial charge in [-0.25, -0.2) is 4.98 Å². The number of hydrogen-bond acceptors (Lipinski definition) is 4. The third-order valence-electron chi connectivity index (χ3n) is 8.63. The summed E-state index contributed by atoms with van der Waals surface area (Å²) in [6.07, 6.45) is 5.89. The summed E-state index contributed by atoms with van der Waals surface area (Å²) in [5.41, 5.74) is 10.3. The summed E-state index contributed by atoms with van der Waals surface area (Å²) in [6, 6.07) is 53.1. The topological polar surface area (TPSA) is 37.2 Å². The fourth-order valence-electron chi connectivity index (χ4n) is 6.28. The van der Waals surface area contributed by atoms with Crippen molar-refractivity contribution in [2.75, 3.05) is 9.80 Å². The van der Waals surface area contributed by atoms with Crippen LogP contribution in [0.2, 0.25) is 0 Å². The summed E-state index contributed by atoms with van der Waals surface area (Å²) in [6.45, 7) is 8.99. The SMILES string of the molecule is CC(C)c1cccc(C(C)C)c1-n1cnc(-c2[c-]c(N(c3[c-]c(N(c4ccccc4)c4ccccn4)ccc3)c3ccccc3)ccc2)c1.[Pt+2]. The van der Waals surface area contributed by atoms with Crippen LogP contribution < -0.4 is 9.80 Å². The Morgan fingerprint density at radius 2 is 1.08 bits per heavy atom. The molecule has 0 saturated carbocycles. The normalized spacial score (nSPS) is 11.0. The second-order valence-corrected chi connectivity index (χ2v) is 12.7. The van der Waals surface area contributed by atoms with Crippen molar-refractivity contribution in [2.24, 2.45) is 0 Å². The first kappa shape index (κ1) is 34.6. The molecule has 0 N–H and O–H groups in total. The van der Waals surface area contributed by atoms with Crippen LogP contribution in [0.3, 0.4) is 0 Å². The van der Waals surface area contributed by atoms with E-state index in [2.05, 4.69) is 151 Å². The van der Waals surface area contributed by atoms with Crippen LogP contribution in [0.5, 0.6) is 0 Å². The standard InChI is InChI=1S/C44H39N5.Pt/c1-32(2)40-24-15-25-41(33(3)4)44(40)47-30-42(46-31-47)34-16-13-21-37(28-34)48(35-17-7-5-8-18-35)38-22-14-23-39(29-38)49(36-19-9-6-10-20-36)43-26-11-12-27-45-43;/h5-27,30-33H,1-4H3;/q-2;+2. The molecule has 2 aromatic heterocycles. The zero-order chi connectivity index (χ0) is 33.7. The molecule has 6 heteroatoms. The number of benzene rings is 5. The molecule has 50 heavy (non-hydrogen) atoms.